The molecule has 2 heterocycles. The van der Waals surface area contributed by atoms with Crippen molar-refractivity contribution in [2.24, 2.45) is 0 Å². The Hall–Kier alpha value is -1.81. The largest absolute Gasteiger partial charge is 0.468 e. The van der Waals surface area contributed by atoms with Crippen LogP contribution in [0.25, 0.3) is 0 Å². The van der Waals surface area contributed by atoms with E-state index in [4.69, 9.17) is 10.2 Å². The molecule has 0 aliphatic rings. The first-order valence-corrected chi connectivity index (χ1v) is 5.77. The summed E-state index contributed by atoms with van der Waals surface area (Å²) >= 11 is 0. The molecule has 2 aromatic rings. The van der Waals surface area contributed by atoms with Gasteiger partial charge in [-0.3, -0.25) is 0 Å². The fourth-order valence-electron chi connectivity index (χ4n) is 1.85. The van der Waals surface area contributed by atoms with Crippen molar-refractivity contribution >= 4 is 5.82 Å². The molecule has 4 heteroatoms. The molecule has 2 rings (SSSR count). The Morgan fingerprint density at radius 2 is 2.29 bits per heavy atom. The molecule has 0 fully saturated rings. The van der Waals surface area contributed by atoms with E-state index in [1.54, 1.807) is 12.5 Å². The van der Waals surface area contributed by atoms with Crippen LogP contribution in [0, 0.1) is 0 Å². The van der Waals surface area contributed by atoms with E-state index in [0.29, 0.717) is 5.82 Å². The lowest BCUT2D eigenvalue weighted by atomic mass is 10.0. The molecule has 0 saturated heterocycles. The zero-order valence-corrected chi connectivity index (χ0v) is 9.89. The highest BCUT2D eigenvalue weighted by Crippen LogP contribution is 2.20. The number of likely N-dealkylation sites (N-methyl/N-ethyl adjacent to an activating group) is 1. The predicted octanol–water partition coefficient (Wildman–Crippen LogP) is 2.15. The van der Waals surface area contributed by atoms with Crippen LogP contribution in [0.3, 0.4) is 0 Å². The van der Waals surface area contributed by atoms with E-state index >= 15 is 0 Å². The van der Waals surface area contributed by atoms with E-state index in [9.17, 15) is 0 Å². The number of nitrogens with zero attached hydrogens (tertiary/aromatic N) is 1. The third kappa shape index (κ3) is 2.85. The summed E-state index contributed by atoms with van der Waals surface area (Å²) < 4.78 is 5.44. The molecule has 0 amide bonds. The van der Waals surface area contributed by atoms with Gasteiger partial charge in [0.15, 0.2) is 0 Å². The first kappa shape index (κ1) is 11.7. The standard InChI is InChI=1S/C13H17N3O/c1-2-15-11(12-6-4-8-17-12)9-10-5-3-7-16-13(10)14/h3-8,11,15H,2,9H2,1H3,(H2,14,16). The van der Waals surface area contributed by atoms with Gasteiger partial charge in [0, 0.05) is 6.20 Å². The number of hydrogen-bond acceptors (Lipinski definition) is 4. The van der Waals surface area contributed by atoms with Gasteiger partial charge in [-0.15, -0.1) is 0 Å². The van der Waals surface area contributed by atoms with E-state index in [2.05, 4.69) is 17.2 Å². The summed E-state index contributed by atoms with van der Waals surface area (Å²) in [5, 5.41) is 3.38. The minimum Gasteiger partial charge on any atom is -0.468 e. The van der Waals surface area contributed by atoms with Crippen molar-refractivity contribution < 1.29 is 4.42 Å². The number of anilines is 1. The average molecular weight is 231 g/mol. The highest BCUT2D eigenvalue weighted by atomic mass is 16.3. The zero-order chi connectivity index (χ0) is 12.1. The minimum absolute atomic E-state index is 0.140. The molecular formula is C13H17N3O. The summed E-state index contributed by atoms with van der Waals surface area (Å²) in [6, 6.07) is 7.90. The third-order valence-corrected chi connectivity index (χ3v) is 2.69. The molecule has 90 valence electrons. The SMILES string of the molecule is CCNC(Cc1cccnc1N)c1ccco1. The van der Waals surface area contributed by atoms with Gasteiger partial charge in [0.1, 0.15) is 11.6 Å². The second-order valence-electron chi connectivity index (χ2n) is 3.88. The Bertz CT molecular complexity index is 453. The lowest BCUT2D eigenvalue weighted by Gasteiger charge is -2.16. The van der Waals surface area contributed by atoms with Crippen molar-refractivity contribution in [2.75, 3.05) is 12.3 Å². The van der Waals surface area contributed by atoms with Crippen molar-refractivity contribution in [1.82, 2.24) is 10.3 Å². The van der Waals surface area contributed by atoms with Gasteiger partial charge in [0.2, 0.25) is 0 Å². The molecule has 0 aromatic carbocycles. The number of aromatic nitrogens is 1. The monoisotopic (exact) mass is 231 g/mol. The van der Waals surface area contributed by atoms with Gasteiger partial charge in [0.25, 0.3) is 0 Å². The van der Waals surface area contributed by atoms with Gasteiger partial charge in [-0.05, 0) is 36.7 Å². The maximum atomic E-state index is 5.85. The molecule has 0 bridgehead atoms. The molecule has 1 unspecified atom stereocenters. The quantitative estimate of drug-likeness (QED) is 0.827. The Morgan fingerprint density at radius 3 is 2.94 bits per heavy atom. The van der Waals surface area contributed by atoms with Crippen molar-refractivity contribution in [1.29, 1.82) is 0 Å². The summed E-state index contributed by atoms with van der Waals surface area (Å²) in [5.74, 6) is 1.51. The summed E-state index contributed by atoms with van der Waals surface area (Å²) in [6.07, 6.45) is 4.17. The first-order valence-electron chi connectivity index (χ1n) is 5.77. The topological polar surface area (TPSA) is 64.1 Å². The molecule has 4 nitrogen and oxygen atoms in total. The third-order valence-electron chi connectivity index (χ3n) is 2.69. The molecule has 0 spiro atoms. The fourth-order valence-corrected chi connectivity index (χ4v) is 1.85. The predicted molar refractivity (Wildman–Crippen MR) is 67.5 cm³/mol. The van der Waals surface area contributed by atoms with E-state index in [-0.39, 0.29) is 6.04 Å². The minimum atomic E-state index is 0.140. The molecule has 3 N–H and O–H groups in total. The Labute approximate surface area is 101 Å². The molecule has 1 atom stereocenters. The molecular weight excluding hydrogens is 214 g/mol. The molecule has 0 radical (unpaired) electrons. The van der Waals surface area contributed by atoms with Crippen LogP contribution in [0.4, 0.5) is 5.82 Å². The normalized spacial score (nSPS) is 12.5. The molecule has 0 aliphatic carbocycles. The number of furan rings is 1. The number of nitrogen functional groups attached to an aromatic ring is 1. The second kappa shape index (κ2) is 5.50. The zero-order valence-electron chi connectivity index (χ0n) is 9.89. The van der Waals surface area contributed by atoms with Crippen LogP contribution in [0.2, 0.25) is 0 Å². The summed E-state index contributed by atoms with van der Waals surface area (Å²) in [7, 11) is 0. The molecule has 2 aromatic heterocycles. The van der Waals surface area contributed by atoms with Crippen LogP contribution in [-0.2, 0) is 6.42 Å². The van der Waals surface area contributed by atoms with Crippen molar-refractivity contribution in [2.45, 2.75) is 19.4 Å². The van der Waals surface area contributed by atoms with Crippen LogP contribution in [0.1, 0.15) is 24.3 Å². The van der Waals surface area contributed by atoms with E-state index in [1.165, 1.54) is 0 Å². The van der Waals surface area contributed by atoms with Crippen LogP contribution in [0.15, 0.2) is 41.1 Å². The summed E-state index contributed by atoms with van der Waals surface area (Å²) in [6.45, 7) is 2.95. The van der Waals surface area contributed by atoms with Gasteiger partial charge in [0.05, 0.1) is 12.3 Å². The number of nitrogens with one attached hydrogen (secondary N) is 1. The van der Waals surface area contributed by atoms with Crippen LogP contribution in [0.5, 0.6) is 0 Å². The molecule has 0 saturated carbocycles. The van der Waals surface area contributed by atoms with Crippen LogP contribution < -0.4 is 11.1 Å². The Morgan fingerprint density at radius 1 is 1.41 bits per heavy atom. The lowest BCUT2D eigenvalue weighted by Crippen LogP contribution is -2.23. The number of rotatable bonds is 5. The summed E-state index contributed by atoms with van der Waals surface area (Å²) in [4.78, 5) is 4.09. The van der Waals surface area contributed by atoms with Gasteiger partial charge in [-0.25, -0.2) is 4.98 Å². The molecule has 0 aliphatic heterocycles. The Kier molecular flexibility index (Phi) is 3.77. The lowest BCUT2D eigenvalue weighted by molar-refractivity contribution is 0.416. The number of hydrogen-bond donors (Lipinski definition) is 2. The highest BCUT2D eigenvalue weighted by molar-refractivity contribution is 5.39. The van der Waals surface area contributed by atoms with Gasteiger partial charge < -0.3 is 15.5 Å². The van der Waals surface area contributed by atoms with Crippen LogP contribution >= 0.6 is 0 Å². The number of nitrogens with two attached hydrogens (primary N) is 1. The van der Waals surface area contributed by atoms with Gasteiger partial charge in [-0.1, -0.05) is 13.0 Å². The Balaban J connectivity index is 2.16. The van der Waals surface area contributed by atoms with E-state index in [0.717, 1.165) is 24.3 Å². The van der Waals surface area contributed by atoms with Crippen molar-refractivity contribution in [3.05, 3.63) is 48.0 Å². The van der Waals surface area contributed by atoms with Gasteiger partial charge >= 0.3 is 0 Å². The van der Waals surface area contributed by atoms with Crippen molar-refractivity contribution in [3.8, 4) is 0 Å². The van der Waals surface area contributed by atoms with Crippen LogP contribution in [-0.4, -0.2) is 11.5 Å². The number of pyridine rings is 1. The highest BCUT2D eigenvalue weighted by Gasteiger charge is 2.15. The fraction of sp³-hybridized carbons (Fsp3) is 0.308. The van der Waals surface area contributed by atoms with E-state index < -0.39 is 0 Å². The van der Waals surface area contributed by atoms with E-state index in [1.807, 2.05) is 24.3 Å². The smallest absolute Gasteiger partial charge is 0.126 e. The van der Waals surface area contributed by atoms with Crippen molar-refractivity contribution in [3.63, 3.8) is 0 Å². The van der Waals surface area contributed by atoms with Gasteiger partial charge in [-0.2, -0.15) is 0 Å². The maximum absolute atomic E-state index is 5.85. The second-order valence-corrected chi connectivity index (χ2v) is 3.88. The maximum Gasteiger partial charge on any atom is 0.126 e. The average Bonchev–Trinajstić information content (AvgIpc) is 2.85. The molecule has 17 heavy (non-hydrogen) atoms. The summed E-state index contributed by atoms with van der Waals surface area (Å²) in [5.41, 5.74) is 6.89. The first-order chi connectivity index (χ1) is 8.31.